The van der Waals surface area contributed by atoms with Crippen LogP contribution in [0.25, 0.3) is 0 Å². The Hall–Kier alpha value is -0.900. The molecule has 1 aromatic rings. The van der Waals surface area contributed by atoms with Gasteiger partial charge in [-0.2, -0.15) is 0 Å². The second kappa shape index (κ2) is 12.5. The molecule has 0 bridgehead atoms. The van der Waals surface area contributed by atoms with Gasteiger partial charge in [-0.05, 0) is 25.7 Å². The number of aromatic nitrogens is 1. The summed E-state index contributed by atoms with van der Waals surface area (Å²) in [7, 11) is 3.51. The number of halogens is 1. The molecule has 0 atom stereocenters. The number of thiazole rings is 1. The SMILES string of the molecule is Cc1cnc(CCNC(=NCC(=O)N(C)C)NCC2CCCCC2)s1.I. The van der Waals surface area contributed by atoms with Crippen LogP contribution in [-0.4, -0.2) is 55.5 Å². The molecule has 0 radical (unpaired) electrons. The minimum Gasteiger partial charge on any atom is -0.356 e. The molecule has 8 heteroatoms. The standard InChI is InChI=1S/C18H31N5OS.HI/c1-14-11-20-16(25-14)9-10-19-18(22-13-17(24)23(2)3)21-12-15-7-5-4-6-8-15;/h11,15H,4-10,12-13H2,1-3H3,(H2,19,21,22);1H. The molecule has 6 nitrogen and oxygen atoms in total. The molecule has 26 heavy (non-hydrogen) atoms. The summed E-state index contributed by atoms with van der Waals surface area (Å²) in [5.74, 6) is 1.45. The van der Waals surface area contributed by atoms with E-state index in [9.17, 15) is 4.79 Å². The van der Waals surface area contributed by atoms with Crippen molar-refractivity contribution in [1.82, 2.24) is 20.5 Å². The summed E-state index contributed by atoms with van der Waals surface area (Å²) >= 11 is 1.73. The molecule has 0 saturated heterocycles. The third kappa shape index (κ3) is 8.66. The molecule has 0 spiro atoms. The van der Waals surface area contributed by atoms with Gasteiger partial charge in [0, 0.05) is 44.7 Å². The van der Waals surface area contributed by atoms with E-state index in [4.69, 9.17) is 0 Å². The van der Waals surface area contributed by atoms with Gasteiger partial charge < -0.3 is 15.5 Å². The number of nitrogens with one attached hydrogen (secondary N) is 2. The Bertz CT molecular complexity index is 570. The number of guanidine groups is 1. The molecular formula is C18H32IN5OS. The zero-order valence-corrected chi connectivity index (χ0v) is 19.2. The fourth-order valence-corrected chi connectivity index (χ4v) is 3.69. The summed E-state index contributed by atoms with van der Waals surface area (Å²) in [5.41, 5.74) is 0. The van der Waals surface area contributed by atoms with Gasteiger partial charge >= 0.3 is 0 Å². The number of aryl methyl sites for hydroxylation is 1. The maximum Gasteiger partial charge on any atom is 0.243 e. The van der Waals surface area contributed by atoms with E-state index in [1.165, 1.54) is 37.0 Å². The van der Waals surface area contributed by atoms with Crippen molar-refractivity contribution in [2.75, 3.05) is 33.7 Å². The summed E-state index contributed by atoms with van der Waals surface area (Å²) < 4.78 is 0. The van der Waals surface area contributed by atoms with Crippen molar-refractivity contribution in [3.63, 3.8) is 0 Å². The van der Waals surface area contributed by atoms with Crippen molar-refractivity contribution in [1.29, 1.82) is 0 Å². The van der Waals surface area contributed by atoms with Gasteiger partial charge in [0.05, 0.1) is 5.01 Å². The molecular weight excluding hydrogens is 461 g/mol. The lowest BCUT2D eigenvalue weighted by molar-refractivity contribution is -0.127. The lowest BCUT2D eigenvalue weighted by atomic mass is 9.89. The molecule has 0 unspecified atom stereocenters. The molecule has 1 heterocycles. The number of hydrogen-bond acceptors (Lipinski definition) is 4. The number of nitrogens with zero attached hydrogens (tertiary/aromatic N) is 3. The highest BCUT2D eigenvalue weighted by molar-refractivity contribution is 14.0. The van der Waals surface area contributed by atoms with Crippen molar-refractivity contribution in [3.05, 3.63) is 16.1 Å². The average molecular weight is 493 g/mol. The number of rotatable bonds is 7. The molecule has 1 aliphatic carbocycles. The average Bonchev–Trinajstić information content (AvgIpc) is 3.02. The van der Waals surface area contributed by atoms with Gasteiger partial charge in [-0.1, -0.05) is 19.3 Å². The third-order valence-corrected chi connectivity index (χ3v) is 5.43. The summed E-state index contributed by atoms with van der Waals surface area (Å²) in [4.78, 5) is 23.4. The Kier molecular flexibility index (Phi) is 11.1. The summed E-state index contributed by atoms with van der Waals surface area (Å²) in [5, 5.41) is 7.90. The zero-order chi connectivity index (χ0) is 18.1. The monoisotopic (exact) mass is 493 g/mol. The molecule has 2 N–H and O–H groups in total. The van der Waals surface area contributed by atoms with Crippen LogP contribution in [0, 0.1) is 12.8 Å². The number of carbonyl (C=O) groups is 1. The summed E-state index contributed by atoms with van der Waals surface area (Å²) in [6.07, 6.45) is 9.37. The van der Waals surface area contributed by atoms with Crippen molar-refractivity contribution in [3.8, 4) is 0 Å². The second-order valence-corrected chi connectivity index (χ2v) is 8.20. The molecule has 2 rings (SSSR count). The molecule has 1 aliphatic rings. The van der Waals surface area contributed by atoms with Crippen LogP contribution < -0.4 is 10.6 Å². The van der Waals surface area contributed by atoms with Crippen LogP contribution in [0.3, 0.4) is 0 Å². The van der Waals surface area contributed by atoms with Gasteiger partial charge in [-0.15, -0.1) is 35.3 Å². The Balaban J connectivity index is 0.00000338. The predicted octanol–water partition coefficient (Wildman–Crippen LogP) is 2.82. The molecule has 148 valence electrons. The van der Waals surface area contributed by atoms with Gasteiger partial charge in [0.25, 0.3) is 0 Å². The van der Waals surface area contributed by atoms with Gasteiger partial charge in [0.1, 0.15) is 6.54 Å². The van der Waals surface area contributed by atoms with Gasteiger partial charge in [0.15, 0.2) is 5.96 Å². The molecule has 0 aliphatic heterocycles. The van der Waals surface area contributed by atoms with Crippen molar-refractivity contribution >= 4 is 47.2 Å². The number of amides is 1. The fraction of sp³-hybridized carbons (Fsp3) is 0.722. The molecule has 1 aromatic heterocycles. The lowest BCUT2D eigenvalue weighted by Crippen LogP contribution is -2.41. The summed E-state index contributed by atoms with van der Waals surface area (Å²) in [6.45, 7) is 3.93. The number of likely N-dealkylation sites (N-methyl/N-ethyl adjacent to an activating group) is 1. The molecule has 1 saturated carbocycles. The normalized spacial score (nSPS) is 15.3. The quantitative estimate of drug-likeness (QED) is 0.348. The van der Waals surface area contributed by atoms with Crippen LogP contribution in [0.4, 0.5) is 0 Å². The lowest BCUT2D eigenvalue weighted by Gasteiger charge is -2.23. The van der Waals surface area contributed by atoms with E-state index in [0.717, 1.165) is 30.5 Å². The molecule has 0 aromatic carbocycles. The van der Waals surface area contributed by atoms with E-state index < -0.39 is 0 Å². The van der Waals surface area contributed by atoms with Gasteiger partial charge in [-0.25, -0.2) is 9.98 Å². The minimum atomic E-state index is 0. The second-order valence-electron chi connectivity index (χ2n) is 6.88. The van der Waals surface area contributed by atoms with Crippen molar-refractivity contribution in [2.45, 2.75) is 45.4 Å². The van der Waals surface area contributed by atoms with E-state index >= 15 is 0 Å². The van der Waals surface area contributed by atoms with Crippen molar-refractivity contribution in [2.24, 2.45) is 10.9 Å². The van der Waals surface area contributed by atoms with Crippen LogP contribution in [0.5, 0.6) is 0 Å². The highest BCUT2D eigenvalue weighted by Crippen LogP contribution is 2.22. The van der Waals surface area contributed by atoms with Crippen LogP contribution >= 0.6 is 35.3 Å². The van der Waals surface area contributed by atoms with E-state index in [1.54, 1.807) is 30.3 Å². The maximum absolute atomic E-state index is 11.8. The van der Waals surface area contributed by atoms with E-state index in [2.05, 4.69) is 27.5 Å². The Morgan fingerprint density at radius 1 is 1.31 bits per heavy atom. The number of carbonyl (C=O) groups excluding carboxylic acids is 1. The van der Waals surface area contributed by atoms with E-state index in [1.807, 2.05) is 6.20 Å². The minimum absolute atomic E-state index is 0. The number of hydrogen-bond donors (Lipinski definition) is 2. The van der Waals surface area contributed by atoms with Crippen molar-refractivity contribution < 1.29 is 4.79 Å². The zero-order valence-electron chi connectivity index (χ0n) is 16.1. The molecule has 1 amide bonds. The Morgan fingerprint density at radius 2 is 2.04 bits per heavy atom. The summed E-state index contributed by atoms with van der Waals surface area (Å²) in [6, 6.07) is 0. The fourth-order valence-electron chi connectivity index (χ4n) is 2.90. The first-order valence-corrected chi connectivity index (χ1v) is 10.00. The highest BCUT2D eigenvalue weighted by atomic mass is 127. The highest BCUT2D eigenvalue weighted by Gasteiger charge is 2.14. The largest absolute Gasteiger partial charge is 0.356 e. The Labute approximate surface area is 178 Å². The van der Waals surface area contributed by atoms with Crippen LogP contribution in [0.2, 0.25) is 0 Å². The smallest absolute Gasteiger partial charge is 0.243 e. The van der Waals surface area contributed by atoms with Gasteiger partial charge in [-0.3, -0.25) is 4.79 Å². The van der Waals surface area contributed by atoms with E-state index in [-0.39, 0.29) is 36.4 Å². The first-order valence-electron chi connectivity index (χ1n) is 9.18. The molecule has 1 fully saturated rings. The predicted molar refractivity (Wildman–Crippen MR) is 120 cm³/mol. The van der Waals surface area contributed by atoms with Crippen LogP contribution in [0.1, 0.15) is 42.0 Å². The van der Waals surface area contributed by atoms with E-state index in [0.29, 0.717) is 5.92 Å². The maximum atomic E-state index is 11.8. The Morgan fingerprint density at radius 3 is 2.65 bits per heavy atom. The first kappa shape index (κ1) is 23.1. The van der Waals surface area contributed by atoms with Crippen LogP contribution in [0.15, 0.2) is 11.2 Å². The van der Waals surface area contributed by atoms with Crippen LogP contribution in [-0.2, 0) is 11.2 Å². The first-order chi connectivity index (χ1) is 12.0. The van der Waals surface area contributed by atoms with Gasteiger partial charge in [0.2, 0.25) is 5.91 Å². The number of aliphatic imine (C=N–C) groups is 1. The third-order valence-electron chi connectivity index (χ3n) is 4.45. The topological polar surface area (TPSA) is 69.6 Å².